The summed E-state index contributed by atoms with van der Waals surface area (Å²) >= 11 is 0. The van der Waals surface area contributed by atoms with E-state index in [1.165, 1.54) is 19.3 Å². The van der Waals surface area contributed by atoms with E-state index in [4.69, 9.17) is 5.73 Å². The molecule has 0 aliphatic rings. The van der Waals surface area contributed by atoms with Crippen LogP contribution < -0.4 is 11.2 Å². The van der Waals surface area contributed by atoms with Crippen LogP contribution in [-0.4, -0.2) is 21.5 Å². The average Bonchev–Trinajstić information content (AvgIpc) is 2.34. The number of rotatable bonds is 6. The van der Waals surface area contributed by atoms with Crippen LogP contribution in [-0.2, 0) is 0 Å². The van der Waals surface area contributed by atoms with Gasteiger partial charge in [0.2, 0.25) is 5.95 Å². The number of allylic oxidation sites excluding steroid dienone is 1. The maximum Gasteiger partial charge on any atom is 0.236 e. The van der Waals surface area contributed by atoms with E-state index in [1.807, 2.05) is 6.08 Å². The van der Waals surface area contributed by atoms with Crippen LogP contribution in [0.15, 0.2) is 23.2 Å². The topological polar surface area (TPSA) is 76.4 Å². The van der Waals surface area contributed by atoms with Crippen molar-refractivity contribution in [1.82, 2.24) is 9.71 Å². The monoisotopic (exact) mass is 250 g/mol. The Hall–Kier alpha value is -1.78. The zero-order chi connectivity index (χ0) is 13.4. The van der Waals surface area contributed by atoms with Crippen LogP contribution in [0.5, 0.6) is 0 Å². The lowest BCUT2D eigenvalue weighted by molar-refractivity contribution is 0.180. The Balaban J connectivity index is 2.52. The molecule has 18 heavy (non-hydrogen) atoms. The van der Waals surface area contributed by atoms with Crippen molar-refractivity contribution in [1.29, 1.82) is 0 Å². The van der Waals surface area contributed by atoms with Gasteiger partial charge in [0, 0.05) is 6.07 Å². The highest BCUT2D eigenvalue weighted by atomic mass is 16.5. The number of anilines is 1. The molecule has 0 saturated carbocycles. The fraction of sp³-hybridized carbons (Fsp3) is 0.538. The van der Waals surface area contributed by atoms with Crippen molar-refractivity contribution in [3.8, 4) is 0 Å². The molecule has 0 bridgehead atoms. The molecular formula is C13H22N4O. The highest BCUT2D eigenvalue weighted by Crippen LogP contribution is 1.99. The van der Waals surface area contributed by atoms with Gasteiger partial charge in [-0.3, -0.25) is 4.99 Å². The second kappa shape index (κ2) is 7.53. The molecule has 0 atom stereocenters. The van der Waals surface area contributed by atoms with Gasteiger partial charge in [0.15, 0.2) is 5.49 Å². The number of nitrogens with zero attached hydrogens (tertiary/aromatic N) is 3. The third kappa shape index (κ3) is 4.61. The van der Waals surface area contributed by atoms with Crippen molar-refractivity contribution in [2.75, 3.05) is 12.3 Å². The van der Waals surface area contributed by atoms with E-state index in [-0.39, 0.29) is 5.95 Å². The number of unbranched alkanes of at least 4 members (excludes halogenated alkanes) is 3. The number of aromatic nitrogens is 2. The summed E-state index contributed by atoms with van der Waals surface area (Å²) in [5, 5.41) is 9.40. The molecule has 0 unspecified atom stereocenters. The van der Waals surface area contributed by atoms with Crippen molar-refractivity contribution < 1.29 is 5.21 Å². The lowest BCUT2D eigenvalue weighted by Crippen LogP contribution is -2.18. The minimum atomic E-state index is 0.0562. The van der Waals surface area contributed by atoms with Crippen molar-refractivity contribution in [2.24, 2.45) is 4.99 Å². The predicted molar refractivity (Wildman–Crippen MR) is 72.3 cm³/mol. The van der Waals surface area contributed by atoms with Crippen molar-refractivity contribution in [3.05, 3.63) is 29.4 Å². The summed E-state index contributed by atoms with van der Waals surface area (Å²) in [6.07, 6.45) is 9.02. The van der Waals surface area contributed by atoms with Gasteiger partial charge >= 0.3 is 0 Å². The minimum absolute atomic E-state index is 0.0562. The third-order valence-electron chi connectivity index (χ3n) is 2.62. The van der Waals surface area contributed by atoms with E-state index >= 15 is 0 Å². The largest absolute Gasteiger partial charge is 0.425 e. The third-order valence-corrected chi connectivity index (χ3v) is 2.62. The molecule has 0 fully saturated rings. The van der Waals surface area contributed by atoms with Gasteiger partial charge in [-0.15, -0.1) is 0 Å². The average molecular weight is 250 g/mol. The molecule has 5 nitrogen and oxygen atoms in total. The van der Waals surface area contributed by atoms with Gasteiger partial charge in [-0.2, -0.15) is 9.71 Å². The lowest BCUT2D eigenvalue weighted by atomic mass is 10.2. The summed E-state index contributed by atoms with van der Waals surface area (Å²) in [6, 6.07) is 1.70. The molecule has 0 radical (unpaired) electrons. The molecule has 0 aliphatic carbocycles. The smallest absolute Gasteiger partial charge is 0.236 e. The highest BCUT2D eigenvalue weighted by Gasteiger charge is 1.98. The van der Waals surface area contributed by atoms with E-state index in [9.17, 15) is 5.21 Å². The maximum absolute atomic E-state index is 9.40. The first-order valence-electron chi connectivity index (χ1n) is 6.36. The van der Waals surface area contributed by atoms with Crippen LogP contribution in [0.3, 0.4) is 0 Å². The van der Waals surface area contributed by atoms with E-state index in [2.05, 4.69) is 23.0 Å². The van der Waals surface area contributed by atoms with E-state index in [1.54, 1.807) is 13.0 Å². The molecular weight excluding hydrogens is 228 g/mol. The summed E-state index contributed by atoms with van der Waals surface area (Å²) in [6.45, 7) is 4.53. The molecule has 1 rings (SSSR count). The van der Waals surface area contributed by atoms with Crippen LogP contribution in [0, 0.1) is 6.92 Å². The number of aryl methyl sites for hydroxylation is 1. The molecule has 100 valence electrons. The summed E-state index contributed by atoms with van der Waals surface area (Å²) in [7, 11) is 0. The van der Waals surface area contributed by atoms with Gasteiger partial charge in [-0.1, -0.05) is 31.9 Å². The zero-order valence-corrected chi connectivity index (χ0v) is 11.1. The SMILES string of the molecule is CCCCCC=CCN=c1cc(C)n(O)c(N)n1. The molecule has 1 aromatic heterocycles. The Morgan fingerprint density at radius 1 is 1.44 bits per heavy atom. The Bertz CT molecular complexity index is 436. The van der Waals surface area contributed by atoms with E-state index in [0.717, 1.165) is 11.2 Å². The van der Waals surface area contributed by atoms with Gasteiger partial charge < -0.3 is 10.9 Å². The number of nitrogens with two attached hydrogens (primary N) is 1. The first-order valence-corrected chi connectivity index (χ1v) is 6.36. The first kappa shape index (κ1) is 14.3. The molecule has 1 heterocycles. The van der Waals surface area contributed by atoms with Crippen LogP contribution in [0.1, 0.15) is 38.3 Å². The van der Waals surface area contributed by atoms with E-state index < -0.39 is 0 Å². The molecule has 1 aromatic rings. The second-order valence-electron chi connectivity index (χ2n) is 4.23. The maximum atomic E-state index is 9.40. The predicted octanol–water partition coefficient (Wildman–Crippen LogP) is 2.05. The fourth-order valence-corrected chi connectivity index (χ4v) is 1.56. The highest BCUT2D eigenvalue weighted by molar-refractivity contribution is 5.18. The van der Waals surface area contributed by atoms with Gasteiger partial charge in [0.1, 0.15) is 0 Å². The van der Waals surface area contributed by atoms with Crippen molar-refractivity contribution >= 4 is 5.95 Å². The second-order valence-corrected chi connectivity index (χ2v) is 4.23. The van der Waals surface area contributed by atoms with Crippen LogP contribution in [0.2, 0.25) is 0 Å². The minimum Gasteiger partial charge on any atom is -0.425 e. The molecule has 0 amide bonds. The molecule has 0 saturated heterocycles. The Kier molecular flexibility index (Phi) is 5.97. The van der Waals surface area contributed by atoms with Gasteiger partial charge in [0.05, 0.1) is 12.2 Å². The standard InChI is InChI=1S/C13H22N4O/c1-3-4-5-6-7-8-9-15-12-10-11(2)17(18)13(14)16-12/h7-8,10,18H,3-6,9H2,1-2H3,(H2,14,15,16). The molecule has 5 heteroatoms. The normalized spacial score (nSPS) is 12.4. The van der Waals surface area contributed by atoms with Gasteiger partial charge in [0.25, 0.3) is 0 Å². The van der Waals surface area contributed by atoms with Crippen LogP contribution in [0.25, 0.3) is 0 Å². The lowest BCUT2D eigenvalue weighted by Gasteiger charge is -2.03. The summed E-state index contributed by atoms with van der Waals surface area (Å²) in [5.41, 5.74) is 6.70. The first-order chi connectivity index (χ1) is 8.65. The van der Waals surface area contributed by atoms with Gasteiger partial charge in [-0.05, 0) is 19.8 Å². The molecule has 0 aromatic carbocycles. The molecule has 3 N–H and O–H groups in total. The Morgan fingerprint density at radius 2 is 2.22 bits per heavy atom. The molecule has 0 aliphatic heterocycles. The summed E-state index contributed by atoms with van der Waals surface area (Å²) in [5.74, 6) is 0.0562. The molecule has 0 spiro atoms. The number of nitrogen functional groups attached to an aromatic ring is 1. The number of hydrogen-bond acceptors (Lipinski definition) is 4. The summed E-state index contributed by atoms with van der Waals surface area (Å²) < 4.78 is 0.847. The van der Waals surface area contributed by atoms with Crippen LogP contribution in [0.4, 0.5) is 5.95 Å². The van der Waals surface area contributed by atoms with Crippen molar-refractivity contribution in [3.63, 3.8) is 0 Å². The van der Waals surface area contributed by atoms with Gasteiger partial charge in [-0.25, -0.2) is 0 Å². The summed E-state index contributed by atoms with van der Waals surface area (Å²) in [4.78, 5) is 8.26. The Morgan fingerprint density at radius 3 is 2.89 bits per heavy atom. The van der Waals surface area contributed by atoms with Crippen molar-refractivity contribution in [2.45, 2.75) is 39.5 Å². The zero-order valence-electron chi connectivity index (χ0n) is 11.1. The Labute approximate surface area is 108 Å². The quantitative estimate of drug-likeness (QED) is 0.461. The number of hydrogen-bond donors (Lipinski definition) is 2. The fourth-order valence-electron chi connectivity index (χ4n) is 1.56. The van der Waals surface area contributed by atoms with Crippen LogP contribution >= 0.6 is 0 Å². The van der Waals surface area contributed by atoms with E-state index in [0.29, 0.717) is 17.7 Å².